The van der Waals surface area contributed by atoms with E-state index < -0.39 is 0 Å². The molecule has 2 aliphatic heterocycles. The molecule has 2 heterocycles. The Hall–Kier alpha value is -0.160. The monoisotopic (exact) mass is 186 g/mol. The van der Waals surface area contributed by atoms with Crippen LogP contribution in [0.5, 0.6) is 0 Å². The number of aliphatic hydroxyl groups is 1. The summed E-state index contributed by atoms with van der Waals surface area (Å²) >= 11 is 0. The van der Waals surface area contributed by atoms with Crippen LogP contribution in [0.1, 0.15) is 25.7 Å². The summed E-state index contributed by atoms with van der Waals surface area (Å²) in [5.74, 6) is 0. The van der Waals surface area contributed by atoms with E-state index in [1.807, 2.05) is 0 Å². The molecule has 3 aliphatic rings. The van der Waals surface area contributed by atoms with Crippen LogP contribution in [0.3, 0.4) is 0 Å². The van der Waals surface area contributed by atoms with E-state index in [-0.39, 0.29) is 30.9 Å². The van der Waals surface area contributed by atoms with Crippen molar-refractivity contribution in [3.8, 4) is 0 Å². The average molecular weight is 186 g/mol. The summed E-state index contributed by atoms with van der Waals surface area (Å²) in [7, 11) is 0. The van der Waals surface area contributed by atoms with Crippen LogP contribution >= 0.6 is 0 Å². The standard InChI is InChI=1S/C9H14O4/c10-5-3-1-2-4-6(5)11-8-7-9(12-7)13-8/h5-10H,1-4H2. The van der Waals surface area contributed by atoms with Crippen molar-refractivity contribution in [3.05, 3.63) is 0 Å². The maximum absolute atomic E-state index is 9.62. The first-order valence-corrected chi connectivity index (χ1v) is 4.99. The van der Waals surface area contributed by atoms with E-state index in [9.17, 15) is 5.11 Å². The molecule has 0 aromatic carbocycles. The minimum Gasteiger partial charge on any atom is -0.390 e. The molecule has 2 saturated heterocycles. The second-order valence-electron chi connectivity index (χ2n) is 4.00. The molecular formula is C9H14O4. The summed E-state index contributed by atoms with van der Waals surface area (Å²) < 4.78 is 15.9. The Balaban J connectivity index is 1.52. The van der Waals surface area contributed by atoms with Gasteiger partial charge in [0.25, 0.3) is 0 Å². The predicted molar refractivity (Wildman–Crippen MR) is 42.9 cm³/mol. The highest BCUT2D eigenvalue weighted by molar-refractivity contribution is 4.92. The van der Waals surface area contributed by atoms with E-state index in [4.69, 9.17) is 14.2 Å². The molecule has 0 aromatic rings. The fraction of sp³-hybridized carbons (Fsp3) is 1.00. The maximum atomic E-state index is 9.62. The molecule has 0 amide bonds. The SMILES string of the molecule is OC1CCCCC1OC1OC2OC12. The Bertz CT molecular complexity index is 208. The molecule has 5 unspecified atom stereocenters. The molecule has 4 nitrogen and oxygen atoms in total. The van der Waals surface area contributed by atoms with Gasteiger partial charge in [0.15, 0.2) is 18.7 Å². The van der Waals surface area contributed by atoms with Crippen molar-refractivity contribution < 1.29 is 19.3 Å². The average Bonchev–Trinajstić information content (AvgIpc) is 2.76. The molecular weight excluding hydrogens is 172 g/mol. The molecule has 5 atom stereocenters. The molecule has 0 bridgehead atoms. The van der Waals surface area contributed by atoms with Crippen LogP contribution in [0.15, 0.2) is 0 Å². The molecule has 0 radical (unpaired) electrons. The van der Waals surface area contributed by atoms with Crippen molar-refractivity contribution >= 4 is 0 Å². The summed E-state index contributed by atoms with van der Waals surface area (Å²) in [6.45, 7) is 0. The molecule has 1 aliphatic carbocycles. The second kappa shape index (κ2) is 2.92. The third kappa shape index (κ3) is 1.38. The lowest BCUT2D eigenvalue weighted by Gasteiger charge is -2.32. The first-order valence-electron chi connectivity index (χ1n) is 4.99. The largest absolute Gasteiger partial charge is 0.390 e. The molecule has 13 heavy (non-hydrogen) atoms. The molecule has 1 saturated carbocycles. The highest BCUT2D eigenvalue weighted by Gasteiger charge is 2.60. The van der Waals surface area contributed by atoms with Crippen LogP contribution in [-0.4, -0.2) is 36.0 Å². The van der Waals surface area contributed by atoms with Crippen molar-refractivity contribution in [1.82, 2.24) is 0 Å². The van der Waals surface area contributed by atoms with Crippen LogP contribution in [0, 0.1) is 0 Å². The van der Waals surface area contributed by atoms with Crippen LogP contribution < -0.4 is 0 Å². The van der Waals surface area contributed by atoms with Gasteiger partial charge in [-0.15, -0.1) is 0 Å². The Kier molecular flexibility index (Phi) is 1.83. The van der Waals surface area contributed by atoms with Gasteiger partial charge in [-0.25, -0.2) is 0 Å². The number of fused-ring (bicyclic) bond motifs is 1. The fourth-order valence-corrected chi connectivity index (χ4v) is 2.05. The molecule has 0 spiro atoms. The molecule has 4 heteroatoms. The lowest BCUT2D eigenvalue weighted by atomic mass is 9.95. The van der Waals surface area contributed by atoms with Crippen molar-refractivity contribution in [2.45, 2.75) is 56.6 Å². The molecule has 3 fully saturated rings. The Morgan fingerprint density at radius 2 is 2.00 bits per heavy atom. The number of hydrogen-bond acceptors (Lipinski definition) is 4. The molecule has 3 rings (SSSR count). The first-order chi connectivity index (χ1) is 6.34. The lowest BCUT2D eigenvalue weighted by molar-refractivity contribution is -0.242. The predicted octanol–water partition coefficient (Wildman–Crippen LogP) is 0.388. The quantitative estimate of drug-likeness (QED) is 0.634. The molecule has 0 aromatic heterocycles. The van der Waals surface area contributed by atoms with Crippen molar-refractivity contribution in [2.24, 2.45) is 0 Å². The fourth-order valence-electron chi connectivity index (χ4n) is 2.05. The van der Waals surface area contributed by atoms with Crippen molar-refractivity contribution in [2.75, 3.05) is 0 Å². The normalized spacial score (nSPS) is 53.8. The zero-order valence-corrected chi connectivity index (χ0v) is 7.39. The zero-order chi connectivity index (χ0) is 8.84. The van der Waals surface area contributed by atoms with E-state index in [1.54, 1.807) is 0 Å². The smallest absolute Gasteiger partial charge is 0.192 e. The van der Waals surface area contributed by atoms with E-state index in [0.29, 0.717) is 0 Å². The first kappa shape index (κ1) is 8.17. The lowest BCUT2D eigenvalue weighted by Crippen LogP contribution is -2.43. The van der Waals surface area contributed by atoms with Gasteiger partial charge in [0.2, 0.25) is 0 Å². The van der Waals surface area contributed by atoms with Gasteiger partial charge >= 0.3 is 0 Å². The third-order valence-corrected chi connectivity index (χ3v) is 3.00. The van der Waals surface area contributed by atoms with Crippen LogP contribution in [0.25, 0.3) is 0 Å². The summed E-state index contributed by atoms with van der Waals surface area (Å²) in [4.78, 5) is 0. The van der Waals surface area contributed by atoms with Crippen LogP contribution in [-0.2, 0) is 14.2 Å². The van der Waals surface area contributed by atoms with Crippen molar-refractivity contribution in [3.63, 3.8) is 0 Å². The van der Waals surface area contributed by atoms with E-state index in [0.717, 1.165) is 25.7 Å². The highest BCUT2D eigenvalue weighted by Crippen LogP contribution is 2.42. The third-order valence-electron chi connectivity index (χ3n) is 3.00. The van der Waals surface area contributed by atoms with Gasteiger partial charge < -0.3 is 19.3 Å². The number of ether oxygens (including phenoxy) is 3. The number of hydrogen-bond donors (Lipinski definition) is 1. The van der Waals surface area contributed by atoms with Gasteiger partial charge in [-0.2, -0.15) is 0 Å². The van der Waals surface area contributed by atoms with Gasteiger partial charge in [0.05, 0.1) is 12.2 Å². The zero-order valence-electron chi connectivity index (χ0n) is 7.39. The number of epoxide rings is 1. The van der Waals surface area contributed by atoms with Crippen LogP contribution in [0.2, 0.25) is 0 Å². The van der Waals surface area contributed by atoms with Crippen LogP contribution in [0.4, 0.5) is 0 Å². The number of rotatable bonds is 2. The van der Waals surface area contributed by atoms with E-state index in [2.05, 4.69) is 0 Å². The second-order valence-corrected chi connectivity index (χ2v) is 4.00. The van der Waals surface area contributed by atoms with Gasteiger partial charge in [-0.05, 0) is 12.8 Å². The summed E-state index contributed by atoms with van der Waals surface area (Å²) in [6, 6.07) is 0. The van der Waals surface area contributed by atoms with E-state index in [1.165, 1.54) is 0 Å². The molecule has 74 valence electrons. The summed E-state index contributed by atoms with van der Waals surface area (Å²) in [5, 5.41) is 9.62. The van der Waals surface area contributed by atoms with Gasteiger partial charge in [0, 0.05) is 0 Å². The van der Waals surface area contributed by atoms with Gasteiger partial charge in [0.1, 0.15) is 0 Å². The minimum atomic E-state index is -0.310. The minimum absolute atomic E-state index is 0.00531. The maximum Gasteiger partial charge on any atom is 0.192 e. The van der Waals surface area contributed by atoms with Gasteiger partial charge in [-0.1, -0.05) is 12.8 Å². The highest BCUT2D eigenvalue weighted by atomic mass is 16.9. The Labute approximate surface area is 76.8 Å². The topological polar surface area (TPSA) is 51.2 Å². The molecule has 1 N–H and O–H groups in total. The summed E-state index contributed by atoms with van der Waals surface area (Å²) in [6.07, 6.45) is 3.66. The van der Waals surface area contributed by atoms with Crippen molar-refractivity contribution in [1.29, 1.82) is 0 Å². The Morgan fingerprint density at radius 3 is 2.62 bits per heavy atom. The van der Waals surface area contributed by atoms with Gasteiger partial charge in [-0.3, -0.25) is 0 Å². The van der Waals surface area contributed by atoms with E-state index >= 15 is 0 Å². The Morgan fingerprint density at radius 1 is 1.15 bits per heavy atom. The summed E-state index contributed by atoms with van der Waals surface area (Å²) in [5.41, 5.74) is 0. The number of aliphatic hydroxyl groups excluding tert-OH is 1.